The first-order valence-electron chi connectivity index (χ1n) is 8.43. The van der Waals surface area contributed by atoms with Gasteiger partial charge in [-0.05, 0) is 55.3 Å². The highest BCUT2D eigenvalue weighted by molar-refractivity contribution is 5.92. The van der Waals surface area contributed by atoms with Crippen LogP contribution in [0.5, 0.6) is 0 Å². The van der Waals surface area contributed by atoms with Crippen LogP contribution in [0.1, 0.15) is 64.2 Å². The van der Waals surface area contributed by atoms with E-state index >= 15 is 0 Å². The highest BCUT2D eigenvalue weighted by Crippen LogP contribution is 2.57. The van der Waals surface area contributed by atoms with Crippen molar-refractivity contribution < 1.29 is 9.59 Å². The van der Waals surface area contributed by atoms with Crippen LogP contribution in [0.4, 0.5) is 0 Å². The Balaban J connectivity index is 1.39. The van der Waals surface area contributed by atoms with Crippen molar-refractivity contribution in [3.05, 3.63) is 0 Å². The van der Waals surface area contributed by atoms with Crippen LogP contribution in [0.15, 0.2) is 0 Å². The van der Waals surface area contributed by atoms with Crippen LogP contribution in [0.2, 0.25) is 0 Å². The summed E-state index contributed by atoms with van der Waals surface area (Å²) < 4.78 is 0. The molecular formula is C17H25NO2. The van der Waals surface area contributed by atoms with Crippen molar-refractivity contribution in [1.82, 2.24) is 5.32 Å². The van der Waals surface area contributed by atoms with E-state index in [0.29, 0.717) is 24.0 Å². The molecule has 0 saturated heterocycles. The molecule has 3 heteroatoms. The summed E-state index contributed by atoms with van der Waals surface area (Å²) in [6.45, 7) is 0.872. The van der Waals surface area contributed by atoms with Gasteiger partial charge in [-0.15, -0.1) is 0 Å². The number of hydrogen-bond acceptors (Lipinski definition) is 2. The van der Waals surface area contributed by atoms with Gasteiger partial charge in [-0.3, -0.25) is 9.59 Å². The summed E-state index contributed by atoms with van der Waals surface area (Å²) in [7, 11) is 0. The molecule has 3 nitrogen and oxygen atoms in total. The third-order valence-electron chi connectivity index (χ3n) is 6.79. The molecule has 0 aromatic carbocycles. The quantitative estimate of drug-likeness (QED) is 0.857. The predicted octanol–water partition coefficient (Wildman–Crippen LogP) is 2.83. The number of amides is 1. The molecule has 1 unspecified atom stereocenters. The van der Waals surface area contributed by atoms with E-state index in [1.165, 1.54) is 38.5 Å². The van der Waals surface area contributed by atoms with Crippen LogP contribution in [0.3, 0.4) is 0 Å². The Hall–Kier alpha value is -0.860. The molecule has 0 radical (unpaired) electrons. The van der Waals surface area contributed by atoms with Crippen molar-refractivity contribution in [2.45, 2.75) is 64.2 Å². The fourth-order valence-electron chi connectivity index (χ4n) is 5.00. The van der Waals surface area contributed by atoms with Gasteiger partial charge in [0.25, 0.3) is 0 Å². The lowest BCUT2D eigenvalue weighted by Crippen LogP contribution is -2.48. The molecule has 4 aliphatic carbocycles. The van der Waals surface area contributed by atoms with Crippen molar-refractivity contribution in [2.24, 2.45) is 22.7 Å². The maximum absolute atomic E-state index is 12.6. The van der Waals surface area contributed by atoms with Gasteiger partial charge in [0, 0.05) is 19.4 Å². The van der Waals surface area contributed by atoms with Crippen molar-refractivity contribution >= 4 is 11.7 Å². The molecule has 20 heavy (non-hydrogen) atoms. The number of rotatable bonds is 4. The average molecular weight is 275 g/mol. The molecule has 1 spiro atoms. The average Bonchev–Trinajstić information content (AvgIpc) is 3.09. The molecule has 4 fully saturated rings. The molecular weight excluding hydrogens is 250 g/mol. The summed E-state index contributed by atoms with van der Waals surface area (Å²) in [6.07, 6.45) is 11.2. The normalized spacial score (nSPS) is 33.6. The van der Waals surface area contributed by atoms with Crippen LogP contribution in [0, 0.1) is 22.7 Å². The molecule has 1 atom stereocenters. The molecule has 4 aliphatic rings. The first kappa shape index (κ1) is 12.8. The Morgan fingerprint density at radius 2 is 1.85 bits per heavy atom. The largest absolute Gasteiger partial charge is 0.355 e. The van der Waals surface area contributed by atoms with Crippen molar-refractivity contribution in [3.8, 4) is 0 Å². The summed E-state index contributed by atoms with van der Waals surface area (Å²) >= 11 is 0. The number of carbonyl (C=O) groups is 2. The predicted molar refractivity (Wildman–Crippen MR) is 76.0 cm³/mol. The lowest BCUT2D eigenvalue weighted by molar-refractivity contribution is -0.131. The van der Waals surface area contributed by atoms with E-state index in [2.05, 4.69) is 5.32 Å². The maximum Gasteiger partial charge on any atom is 0.224 e. The van der Waals surface area contributed by atoms with Gasteiger partial charge in [-0.25, -0.2) is 0 Å². The molecule has 1 amide bonds. The van der Waals surface area contributed by atoms with Gasteiger partial charge < -0.3 is 5.32 Å². The molecule has 1 N–H and O–H groups in total. The summed E-state index contributed by atoms with van der Waals surface area (Å²) in [5, 5.41) is 3.24. The van der Waals surface area contributed by atoms with Gasteiger partial charge in [0.05, 0.1) is 5.92 Å². The lowest BCUT2D eigenvalue weighted by atomic mass is 9.62. The third kappa shape index (κ3) is 1.85. The highest BCUT2D eigenvalue weighted by Gasteiger charge is 2.54. The number of carbonyl (C=O) groups excluding carboxylic acids is 2. The Morgan fingerprint density at radius 3 is 2.35 bits per heavy atom. The van der Waals surface area contributed by atoms with E-state index < -0.39 is 0 Å². The van der Waals surface area contributed by atoms with E-state index in [4.69, 9.17) is 0 Å². The maximum atomic E-state index is 12.6. The summed E-state index contributed by atoms with van der Waals surface area (Å²) in [6, 6.07) is 0. The van der Waals surface area contributed by atoms with E-state index in [0.717, 1.165) is 25.3 Å². The topological polar surface area (TPSA) is 46.2 Å². The molecule has 110 valence electrons. The molecule has 4 saturated carbocycles. The number of Topliss-reactive ketones (excluding diaryl/α,β-unsaturated/α-hetero) is 1. The minimum absolute atomic E-state index is 0.0138. The Labute approximate surface area is 120 Å². The van der Waals surface area contributed by atoms with Gasteiger partial charge in [-0.1, -0.05) is 12.8 Å². The zero-order valence-corrected chi connectivity index (χ0v) is 12.2. The van der Waals surface area contributed by atoms with Gasteiger partial charge in [-0.2, -0.15) is 0 Å². The summed E-state index contributed by atoms with van der Waals surface area (Å²) in [5.41, 5.74) is 0.499. The van der Waals surface area contributed by atoms with Crippen LogP contribution >= 0.6 is 0 Å². The van der Waals surface area contributed by atoms with E-state index in [9.17, 15) is 9.59 Å². The van der Waals surface area contributed by atoms with E-state index in [1.54, 1.807) is 0 Å². The number of hydrogen-bond donors (Lipinski definition) is 1. The van der Waals surface area contributed by atoms with Crippen molar-refractivity contribution in [1.29, 1.82) is 0 Å². The second-order valence-corrected chi connectivity index (χ2v) is 7.90. The minimum atomic E-state index is -0.0138. The van der Waals surface area contributed by atoms with Gasteiger partial charge in [0.2, 0.25) is 5.91 Å². The SMILES string of the molecule is O=C1CC(C(=O)NCC2(C3CC3)CCC2)C2(CCC2)C1. The first-order valence-corrected chi connectivity index (χ1v) is 8.43. The van der Waals surface area contributed by atoms with Crippen molar-refractivity contribution in [2.75, 3.05) is 6.54 Å². The highest BCUT2D eigenvalue weighted by atomic mass is 16.2. The van der Waals surface area contributed by atoms with Crippen LogP contribution < -0.4 is 5.32 Å². The zero-order valence-electron chi connectivity index (χ0n) is 12.2. The summed E-state index contributed by atoms with van der Waals surface area (Å²) in [4.78, 5) is 24.3. The third-order valence-corrected chi connectivity index (χ3v) is 6.79. The fourth-order valence-corrected chi connectivity index (χ4v) is 5.00. The molecule has 0 heterocycles. The zero-order chi connectivity index (χ0) is 13.8. The van der Waals surface area contributed by atoms with Gasteiger partial charge in [0.15, 0.2) is 0 Å². The number of nitrogens with one attached hydrogen (secondary N) is 1. The van der Waals surface area contributed by atoms with Crippen LogP contribution in [0.25, 0.3) is 0 Å². The first-order chi connectivity index (χ1) is 9.64. The van der Waals surface area contributed by atoms with Crippen molar-refractivity contribution in [3.63, 3.8) is 0 Å². The second-order valence-electron chi connectivity index (χ2n) is 7.90. The fraction of sp³-hybridized carbons (Fsp3) is 0.882. The van der Waals surface area contributed by atoms with Gasteiger partial charge >= 0.3 is 0 Å². The molecule has 0 bridgehead atoms. The smallest absolute Gasteiger partial charge is 0.224 e. The van der Waals surface area contributed by atoms with E-state index in [-0.39, 0.29) is 17.2 Å². The Morgan fingerprint density at radius 1 is 1.15 bits per heavy atom. The minimum Gasteiger partial charge on any atom is -0.355 e. The van der Waals surface area contributed by atoms with E-state index in [1.807, 2.05) is 0 Å². The molecule has 0 aromatic rings. The lowest BCUT2D eigenvalue weighted by Gasteiger charge is -2.45. The van der Waals surface area contributed by atoms with Crippen LogP contribution in [-0.4, -0.2) is 18.2 Å². The second kappa shape index (κ2) is 4.32. The Bertz CT molecular complexity index is 444. The van der Waals surface area contributed by atoms with Crippen LogP contribution in [-0.2, 0) is 9.59 Å². The molecule has 0 aromatic heterocycles. The summed E-state index contributed by atoms with van der Waals surface area (Å²) in [5.74, 6) is 1.35. The molecule has 0 aliphatic heterocycles. The Kier molecular flexibility index (Phi) is 2.77. The number of ketones is 1. The van der Waals surface area contributed by atoms with Gasteiger partial charge in [0.1, 0.15) is 5.78 Å². The monoisotopic (exact) mass is 275 g/mol. The standard InChI is InChI=1S/C17H25NO2/c19-13-9-14(16(10-13)5-1-6-16)15(20)18-11-17(7-2-8-17)12-3-4-12/h12,14H,1-11H2,(H,18,20). The molecule has 4 rings (SSSR count).